The van der Waals surface area contributed by atoms with Crippen LogP contribution in [0, 0.1) is 6.92 Å². The minimum absolute atomic E-state index is 0.0485. The van der Waals surface area contributed by atoms with Crippen LogP contribution in [0.5, 0.6) is 23.0 Å². The van der Waals surface area contributed by atoms with Gasteiger partial charge in [0.25, 0.3) is 10.1 Å². The molecule has 0 bridgehead atoms. The summed E-state index contributed by atoms with van der Waals surface area (Å²) in [6, 6.07) is 29.1. The van der Waals surface area contributed by atoms with Crippen LogP contribution in [-0.4, -0.2) is 34.3 Å². The average molecular weight is 800 g/mol. The van der Waals surface area contributed by atoms with E-state index in [2.05, 4.69) is 36.0 Å². The molecule has 0 aliphatic rings. The normalized spacial score (nSPS) is 11.9. The molecule has 0 saturated heterocycles. The molecule has 0 atom stereocenters. The summed E-state index contributed by atoms with van der Waals surface area (Å²) in [6.45, 7) is 1.82. The summed E-state index contributed by atoms with van der Waals surface area (Å²) in [5.74, 6) is 0.601. The SMILES string of the molecule is COc1cc(N=Nc2cccc(OSO)c2)ccc1N=Nc1ccc(N=Nc2c(OSO)cc3ccc(Nc4cccc(S(=O)(=O)O)c4)cc3c2O)cc1C. The van der Waals surface area contributed by atoms with Gasteiger partial charge in [-0.15, -0.1) is 10.2 Å². The van der Waals surface area contributed by atoms with Crippen LogP contribution in [0.25, 0.3) is 10.8 Å². The third-order valence-corrected chi connectivity index (χ3v) is 9.08. The number of ether oxygens (including phenoxy) is 1. The predicted octanol–water partition coefficient (Wildman–Crippen LogP) is 12.1. The van der Waals surface area contributed by atoms with Crippen LogP contribution in [0.15, 0.2) is 145 Å². The Morgan fingerprint density at radius 1 is 0.655 bits per heavy atom. The molecule has 0 unspecified atom stereocenters. The first-order valence-electron chi connectivity index (χ1n) is 15.8. The molecule has 280 valence electrons. The Balaban J connectivity index is 1.20. The Labute approximate surface area is 322 Å². The number of fused-ring (bicyclic) bond motifs is 1. The fourth-order valence-electron chi connectivity index (χ4n) is 5.12. The molecule has 19 heteroatoms. The van der Waals surface area contributed by atoms with Crippen LogP contribution in [-0.2, 0) is 10.1 Å². The molecular weight excluding hydrogens is 771 g/mol. The van der Waals surface area contributed by atoms with Crippen molar-refractivity contribution in [3.05, 3.63) is 115 Å². The van der Waals surface area contributed by atoms with Crippen molar-refractivity contribution in [1.82, 2.24) is 0 Å². The van der Waals surface area contributed by atoms with E-state index in [1.807, 2.05) is 6.92 Å². The maximum absolute atomic E-state index is 11.6. The third kappa shape index (κ3) is 9.72. The van der Waals surface area contributed by atoms with E-state index in [9.17, 15) is 22.6 Å². The van der Waals surface area contributed by atoms with Crippen molar-refractivity contribution in [3.63, 3.8) is 0 Å². The summed E-state index contributed by atoms with van der Waals surface area (Å²) in [7, 11) is -2.90. The smallest absolute Gasteiger partial charge is 0.294 e. The largest absolute Gasteiger partial charge is 0.505 e. The zero-order valence-corrected chi connectivity index (χ0v) is 31.1. The maximum Gasteiger partial charge on any atom is 0.294 e. The van der Waals surface area contributed by atoms with E-state index in [1.54, 1.807) is 91.0 Å². The molecule has 0 amide bonds. The summed E-state index contributed by atoms with van der Waals surface area (Å²) in [4.78, 5) is -0.278. The molecular formula is C36H29N7O9S3. The summed E-state index contributed by atoms with van der Waals surface area (Å²) in [5, 5.41) is 41.0. The van der Waals surface area contributed by atoms with E-state index in [0.29, 0.717) is 67.6 Å². The molecule has 55 heavy (non-hydrogen) atoms. The monoisotopic (exact) mass is 799 g/mol. The van der Waals surface area contributed by atoms with Crippen molar-refractivity contribution >= 4 is 91.0 Å². The zero-order valence-electron chi connectivity index (χ0n) is 28.6. The standard InChI is InChI=1S/C36H29N7O9S3/c1-21-15-26(11-13-31(21)41-42-32-14-12-27(20-33(32)50-2)39-38-25-6-3-7-28(17-25)51-53-45)40-43-35-34(52-54-46)16-22-9-10-24(19-30(22)36(35)44)37-23-5-4-8-29(18-23)55(47,48)49/h3-20,37,44-46H,1-2H3,(H,47,48,49). The third-order valence-electron chi connectivity index (χ3n) is 7.71. The van der Waals surface area contributed by atoms with E-state index >= 15 is 0 Å². The fourth-order valence-corrected chi connectivity index (χ4v) is 6.04. The predicted molar refractivity (Wildman–Crippen MR) is 210 cm³/mol. The van der Waals surface area contributed by atoms with Crippen LogP contribution in [0.1, 0.15) is 5.56 Å². The molecule has 0 radical (unpaired) electrons. The number of hydrogen-bond donors (Lipinski definition) is 5. The van der Waals surface area contributed by atoms with Crippen LogP contribution in [0.4, 0.5) is 45.5 Å². The minimum Gasteiger partial charge on any atom is -0.505 e. The lowest BCUT2D eigenvalue weighted by atomic mass is 10.1. The van der Waals surface area contributed by atoms with Gasteiger partial charge in [0.1, 0.15) is 17.2 Å². The van der Waals surface area contributed by atoms with Crippen LogP contribution in [0.2, 0.25) is 0 Å². The van der Waals surface area contributed by atoms with Gasteiger partial charge >= 0.3 is 0 Å². The molecule has 0 saturated carbocycles. The molecule has 0 fully saturated rings. The van der Waals surface area contributed by atoms with Gasteiger partial charge in [0, 0.05) is 28.9 Å². The number of anilines is 2. The molecule has 5 N–H and O–H groups in total. The minimum atomic E-state index is -4.41. The fraction of sp³-hybridized carbons (Fsp3) is 0.0556. The molecule has 6 aromatic rings. The van der Waals surface area contributed by atoms with E-state index in [1.165, 1.54) is 25.3 Å². The summed E-state index contributed by atoms with van der Waals surface area (Å²) in [6.07, 6.45) is 0. The Hall–Kier alpha value is -6.09. The van der Waals surface area contributed by atoms with Gasteiger partial charge < -0.3 is 23.5 Å². The Kier molecular flexibility index (Phi) is 12.2. The molecule has 16 nitrogen and oxygen atoms in total. The van der Waals surface area contributed by atoms with Gasteiger partial charge in [-0.25, -0.2) is 0 Å². The molecule has 0 spiro atoms. The Bertz CT molecular complexity index is 2570. The number of nitrogens with one attached hydrogen (secondary N) is 1. The van der Waals surface area contributed by atoms with Gasteiger partial charge in [-0.3, -0.25) is 13.7 Å². The summed E-state index contributed by atoms with van der Waals surface area (Å²) >= 11 is 0.322. The highest BCUT2D eigenvalue weighted by atomic mass is 32.2. The van der Waals surface area contributed by atoms with Gasteiger partial charge in [-0.2, -0.15) is 28.9 Å². The Morgan fingerprint density at radius 2 is 1.33 bits per heavy atom. The lowest BCUT2D eigenvalue weighted by Gasteiger charge is -2.12. The molecule has 0 heterocycles. The number of phenols is 1. The van der Waals surface area contributed by atoms with Crippen molar-refractivity contribution < 1.29 is 40.3 Å². The van der Waals surface area contributed by atoms with Gasteiger partial charge in [-0.05, 0) is 96.7 Å². The van der Waals surface area contributed by atoms with Gasteiger partial charge in [0.2, 0.25) is 24.6 Å². The van der Waals surface area contributed by atoms with Gasteiger partial charge in [0.05, 0.1) is 34.8 Å². The maximum atomic E-state index is 11.6. The average Bonchev–Trinajstić information content (AvgIpc) is 3.17. The van der Waals surface area contributed by atoms with Crippen molar-refractivity contribution in [3.8, 4) is 23.0 Å². The summed E-state index contributed by atoms with van der Waals surface area (Å²) < 4.78 is 66.7. The van der Waals surface area contributed by atoms with E-state index < -0.39 is 10.1 Å². The molecule has 0 aliphatic heterocycles. The second-order valence-electron chi connectivity index (χ2n) is 11.4. The number of nitrogens with zero attached hydrogens (tertiary/aromatic N) is 6. The van der Waals surface area contributed by atoms with E-state index in [4.69, 9.17) is 17.7 Å². The topological polar surface area (TPSA) is 229 Å². The van der Waals surface area contributed by atoms with E-state index in [-0.39, 0.29) is 46.7 Å². The van der Waals surface area contributed by atoms with Gasteiger partial charge in [0.15, 0.2) is 17.2 Å². The number of aromatic hydroxyl groups is 1. The first kappa shape index (κ1) is 38.6. The first-order valence-corrected chi connectivity index (χ1v) is 18.6. The second-order valence-corrected chi connectivity index (χ2v) is 13.4. The summed E-state index contributed by atoms with van der Waals surface area (Å²) in [5.41, 5.74) is 3.99. The van der Waals surface area contributed by atoms with Crippen LogP contribution in [0.3, 0.4) is 0 Å². The quantitative estimate of drug-likeness (QED) is 0.0393. The molecule has 0 aliphatic carbocycles. The van der Waals surface area contributed by atoms with E-state index in [0.717, 1.165) is 0 Å². The van der Waals surface area contributed by atoms with Crippen LogP contribution < -0.4 is 18.4 Å². The lowest BCUT2D eigenvalue weighted by molar-refractivity contribution is 0.416. The lowest BCUT2D eigenvalue weighted by Crippen LogP contribution is -1.99. The number of methoxy groups -OCH3 is 1. The zero-order chi connectivity index (χ0) is 39.0. The van der Waals surface area contributed by atoms with Crippen molar-refractivity contribution in [2.24, 2.45) is 30.7 Å². The number of hydrogen-bond acceptors (Lipinski definition) is 17. The highest BCUT2D eigenvalue weighted by Gasteiger charge is 2.17. The number of rotatable bonds is 14. The molecule has 6 rings (SSSR count). The Morgan fingerprint density at radius 3 is 2.05 bits per heavy atom. The van der Waals surface area contributed by atoms with Crippen molar-refractivity contribution in [2.75, 3.05) is 12.4 Å². The number of benzene rings is 6. The van der Waals surface area contributed by atoms with Gasteiger partial charge in [-0.1, -0.05) is 18.2 Å². The number of phenolic OH excluding ortho intramolecular Hbond substituents is 1. The van der Waals surface area contributed by atoms with Crippen molar-refractivity contribution in [1.29, 1.82) is 0 Å². The highest BCUT2D eigenvalue weighted by Crippen LogP contribution is 2.45. The number of azo groups is 3. The first-order chi connectivity index (χ1) is 26.5. The second kappa shape index (κ2) is 17.4. The molecule has 0 aromatic heterocycles. The molecule has 6 aromatic carbocycles. The van der Waals surface area contributed by atoms with Crippen molar-refractivity contribution in [2.45, 2.75) is 11.8 Å². The van der Waals surface area contributed by atoms with Crippen LogP contribution >= 0.6 is 24.6 Å². The highest BCUT2D eigenvalue weighted by molar-refractivity contribution is 7.89. The number of aryl methyl sites for hydroxylation is 1.